The summed E-state index contributed by atoms with van der Waals surface area (Å²) < 4.78 is 39.8. The molecule has 0 aliphatic rings. The van der Waals surface area contributed by atoms with Crippen molar-refractivity contribution >= 4 is 6.08 Å². The van der Waals surface area contributed by atoms with E-state index < -0.39 is 12.8 Å². The van der Waals surface area contributed by atoms with Crippen molar-refractivity contribution in [3.63, 3.8) is 0 Å². The Bertz CT molecular complexity index is 404. The maximum Gasteiger partial charge on any atom is 0.422 e. The minimum Gasteiger partial charge on any atom is -0.468 e. The highest BCUT2D eigenvalue weighted by Crippen LogP contribution is 2.17. The van der Waals surface area contributed by atoms with E-state index in [1.54, 1.807) is 6.07 Å². The van der Waals surface area contributed by atoms with Gasteiger partial charge >= 0.3 is 6.18 Å². The Hall–Kier alpha value is -2.03. The second-order valence-corrected chi connectivity index (χ2v) is 2.80. The Balaban J connectivity index is 2.59. The molecule has 0 amide bonds. The van der Waals surface area contributed by atoms with Crippen LogP contribution >= 0.6 is 0 Å². The predicted molar refractivity (Wildman–Crippen MR) is 50.4 cm³/mol. The Kier molecular flexibility index (Phi) is 3.89. The molecule has 0 radical (unpaired) electrons. The summed E-state index contributed by atoms with van der Waals surface area (Å²) in [5.74, 6) is -0.105. The topological polar surface area (TPSA) is 45.9 Å². The van der Waals surface area contributed by atoms with Crippen LogP contribution in [-0.4, -0.2) is 17.8 Å². The Morgan fingerprint density at radius 3 is 2.69 bits per heavy atom. The van der Waals surface area contributed by atoms with Gasteiger partial charge in [-0.3, -0.25) is 0 Å². The second-order valence-electron chi connectivity index (χ2n) is 2.80. The van der Waals surface area contributed by atoms with Crippen molar-refractivity contribution in [3.05, 3.63) is 30.0 Å². The van der Waals surface area contributed by atoms with Crippen molar-refractivity contribution < 1.29 is 17.9 Å². The number of alkyl halides is 3. The number of pyridine rings is 1. The minimum atomic E-state index is -4.37. The fourth-order valence-corrected chi connectivity index (χ4v) is 0.865. The molecule has 0 unspecified atom stereocenters. The van der Waals surface area contributed by atoms with Crippen molar-refractivity contribution in [2.45, 2.75) is 6.18 Å². The first-order valence-corrected chi connectivity index (χ1v) is 4.23. The van der Waals surface area contributed by atoms with Gasteiger partial charge in [0.25, 0.3) is 0 Å². The average Bonchev–Trinajstić information content (AvgIpc) is 2.24. The van der Waals surface area contributed by atoms with Crippen LogP contribution in [0, 0.1) is 11.3 Å². The van der Waals surface area contributed by atoms with Crippen LogP contribution in [0.2, 0.25) is 0 Å². The number of halogens is 3. The lowest BCUT2D eigenvalue weighted by atomic mass is 10.2. The summed E-state index contributed by atoms with van der Waals surface area (Å²) in [5.41, 5.74) is 0.612. The number of hydrogen-bond donors (Lipinski definition) is 0. The molecular formula is C10H7F3N2O. The summed E-state index contributed by atoms with van der Waals surface area (Å²) >= 11 is 0. The quantitative estimate of drug-likeness (QED) is 0.747. The SMILES string of the molecule is N#CC=Cc1ccc(OCC(F)(F)F)nc1. The molecule has 1 heterocycles. The van der Waals surface area contributed by atoms with E-state index in [1.165, 1.54) is 30.5 Å². The normalized spacial score (nSPS) is 11.4. The molecule has 0 fully saturated rings. The fourth-order valence-electron chi connectivity index (χ4n) is 0.865. The van der Waals surface area contributed by atoms with Crippen molar-refractivity contribution in [1.29, 1.82) is 5.26 Å². The van der Waals surface area contributed by atoms with E-state index in [-0.39, 0.29) is 5.88 Å². The molecule has 0 saturated carbocycles. The number of nitriles is 1. The molecule has 0 saturated heterocycles. The molecule has 1 rings (SSSR count). The Morgan fingerprint density at radius 2 is 2.19 bits per heavy atom. The van der Waals surface area contributed by atoms with E-state index in [4.69, 9.17) is 5.26 Å². The van der Waals surface area contributed by atoms with Gasteiger partial charge in [-0.15, -0.1) is 0 Å². The van der Waals surface area contributed by atoms with Gasteiger partial charge in [-0.05, 0) is 17.7 Å². The van der Waals surface area contributed by atoms with Gasteiger partial charge in [0, 0.05) is 18.3 Å². The maximum absolute atomic E-state index is 11.8. The zero-order valence-electron chi connectivity index (χ0n) is 8.03. The van der Waals surface area contributed by atoms with Gasteiger partial charge in [-0.2, -0.15) is 18.4 Å². The highest BCUT2D eigenvalue weighted by atomic mass is 19.4. The van der Waals surface area contributed by atoms with Crippen molar-refractivity contribution in [3.8, 4) is 11.9 Å². The van der Waals surface area contributed by atoms with Crippen LogP contribution in [0.3, 0.4) is 0 Å². The van der Waals surface area contributed by atoms with Crippen LogP contribution in [-0.2, 0) is 0 Å². The van der Waals surface area contributed by atoms with Gasteiger partial charge in [0.15, 0.2) is 6.61 Å². The van der Waals surface area contributed by atoms with Gasteiger partial charge in [0.05, 0.1) is 6.07 Å². The molecule has 1 aromatic rings. The van der Waals surface area contributed by atoms with Crippen LogP contribution in [0.5, 0.6) is 5.88 Å². The first kappa shape index (κ1) is 12.0. The number of rotatable bonds is 3. The van der Waals surface area contributed by atoms with Gasteiger partial charge in [-0.1, -0.05) is 0 Å². The first-order chi connectivity index (χ1) is 7.51. The standard InChI is InChI=1S/C10H7F3N2O/c11-10(12,13)7-16-9-4-3-8(6-15-9)2-1-5-14/h1-4,6H,7H2. The van der Waals surface area contributed by atoms with Gasteiger partial charge in [-0.25, -0.2) is 4.98 Å². The molecule has 0 bridgehead atoms. The molecule has 16 heavy (non-hydrogen) atoms. The monoisotopic (exact) mass is 228 g/mol. The van der Waals surface area contributed by atoms with E-state index in [1.807, 2.05) is 0 Å². The third-order valence-electron chi connectivity index (χ3n) is 1.49. The number of hydrogen-bond acceptors (Lipinski definition) is 3. The number of allylic oxidation sites excluding steroid dienone is 1. The van der Waals surface area contributed by atoms with E-state index in [2.05, 4.69) is 9.72 Å². The number of nitrogens with zero attached hydrogens (tertiary/aromatic N) is 2. The molecular weight excluding hydrogens is 221 g/mol. The third kappa shape index (κ3) is 4.46. The van der Waals surface area contributed by atoms with Gasteiger partial charge in [0.1, 0.15) is 0 Å². The molecule has 84 valence electrons. The molecule has 3 nitrogen and oxygen atoms in total. The zero-order chi connectivity index (χ0) is 12.0. The Labute approximate surface area is 89.8 Å². The van der Waals surface area contributed by atoms with E-state index in [0.717, 1.165) is 0 Å². The van der Waals surface area contributed by atoms with Crippen LogP contribution in [0.1, 0.15) is 5.56 Å². The summed E-state index contributed by atoms with van der Waals surface area (Å²) in [6.07, 6.45) is -0.325. The molecule has 1 aromatic heterocycles. The lowest BCUT2D eigenvalue weighted by Crippen LogP contribution is -2.19. The third-order valence-corrected chi connectivity index (χ3v) is 1.49. The number of aromatic nitrogens is 1. The van der Waals surface area contributed by atoms with Crippen molar-refractivity contribution in [2.75, 3.05) is 6.61 Å². The van der Waals surface area contributed by atoms with Crippen LogP contribution in [0.25, 0.3) is 6.08 Å². The summed E-state index contributed by atoms with van der Waals surface area (Å²) in [6, 6.07) is 4.60. The average molecular weight is 228 g/mol. The van der Waals surface area contributed by atoms with Crippen molar-refractivity contribution in [2.24, 2.45) is 0 Å². The highest BCUT2D eigenvalue weighted by Gasteiger charge is 2.28. The van der Waals surface area contributed by atoms with E-state index in [9.17, 15) is 13.2 Å². The highest BCUT2D eigenvalue weighted by molar-refractivity contribution is 5.50. The first-order valence-electron chi connectivity index (χ1n) is 4.23. The molecule has 0 spiro atoms. The molecule has 6 heteroatoms. The summed E-state index contributed by atoms with van der Waals surface area (Å²) in [7, 11) is 0. The predicted octanol–water partition coefficient (Wildman–Crippen LogP) is 2.56. The molecule has 0 atom stereocenters. The number of ether oxygens (including phenoxy) is 1. The summed E-state index contributed by atoms with van der Waals surface area (Å²) in [4.78, 5) is 3.65. The molecule has 0 aliphatic carbocycles. The largest absolute Gasteiger partial charge is 0.468 e. The van der Waals surface area contributed by atoms with Crippen LogP contribution in [0.15, 0.2) is 24.4 Å². The summed E-state index contributed by atoms with van der Waals surface area (Å²) in [5, 5.41) is 8.25. The maximum atomic E-state index is 11.8. The smallest absolute Gasteiger partial charge is 0.422 e. The molecule has 0 aromatic carbocycles. The fraction of sp³-hybridized carbons (Fsp3) is 0.200. The lowest BCUT2D eigenvalue weighted by molar-refractivity contribution is -0.154. The lowest BCUT2D eigenvalue weighted by Gasteiger charge is -2.07. The minimum absolute atomic E-state index is 0.105. The van der Waals surface area contributed by atoms with E-state index in [0.29, 0.717) is 5.56 Å². The zero-order valence-corrected chi connectivity index (χ0v) is 8.03. The van der Waals surface area contributed by atoms with Crippen molar-refractivity contribution in [1.82, 2.24) is 4.98 Å². The molecule has 0 N–H and O–H groups in total. The molecule has 0 aliphatic heterocycles. The van der Waals surface area contributed by atoms with Crippen LogP contribution < -0.4 is 4.74 Å². The van der Waals surface area contributed by atoms with E-state index >= 15 is 0 Å². The van der Waals surface area contributed by atoms with Gasteiger partial charge < -0.3 is 4.74 Å². The second kappa shape index (κ2) is 5.16. The van der Waals surface area contributed by atoms with Gasteiger partial charge in [0.2, 0.25) is 5.88 Å². The summed E-state index contributed by atoms with van der Waals surface area (Å²) in [6.45, 7) is -1.37. The Morgan fingerprint density at radius 1 is 1.44 bits per heavy atom. The van der Waals surface area contributed by atoms with Crippen LogP contribution in [0.4, 0.5) is 13.2 Å².